The maximum absolute atomic E-state index is 5.76. The Hall–Kier alpha value is -1.30. The smallest absolute Gasteiger partial charge is 0.144 e. The first-order chi connectivity index (χ1) is 8.28. The van der Waals surface area contributed by atoms with Gasteiger partial charge in [0.05, 0.1) is 6.61 Å². The van der Waals surface area contributed by atoms with Gasteiger partial charge >= 0.3 is 0 Å². The van der Waals surface area contributed by atoms with Gasteiger partial charge in [0.1, 0.15) is 12.0 Å². The van der Waals surface area contributed by atoms with Crippen LogP contribution in [0.3, 0.4) is 0 Å². The molecule has 0 radical (unpaired) electrons. The third kappa shape index (κ3) is 5.35. The number of benzene rings is 1. The Bertz CT molecular complexity index is 356. The first-order valence-electron chi connectivity index (χ1n) is 6.00. The fourth-order valence-electron chi connectivity index (χ4n) is 1.22. The second-order valence-corrected chi connectivity index (χ2v) is 5.63. The molecular weight excluding hydrogens is 228 g/mol. The lowest BCUT2D eigenvalue weighted by Gasteiger charge is -2.22. The summed E-state index contributed by atoms with van der Waals surface area (Å²) in [5.41, 5.74) is 6.82. The van der Waals surface area contributed by atoms with Crippen LogP contribution in [0.1, 0.15) is 20.8 Å². The van der Waals surface area contributed by atoms with Gasteiger partial charge in [-0.3, -0.25) is 11.6 Å². The molecule has 5 N–H and O–H groups in total. The van der Waals surface area contributed by atoms with Crippen molar-refractivity contribution >= 4 is 5.69 Å². The number of anilines is 1. The summed E-state index contributed by atoms with van der Waals surface area (Å²) in [5.74, 6) is 6.38. The molecule has 0 aliphatic rings. The average Bonchev–Trinajstić information content (AvgIpc) is 2.27. The number of hydrazine groups is 1. The summed E-state index contributed by atoms with van der Waals surface area (Å²) in [5, 5.41) is 4.47. The molecular formula is C13H24N4O. The van der Waals surface area contributed by atoms with Crippen LogP contribution in [-0.2, 0) is 0 Å². The zero-order valence-corrected chi connectivity index (χ0v) is 11.6. The number of nitrogens with two attached hydrogens (primary N) is 2. The molecule has 0 aliphatic carbocycles. The molecule has 1 aromatic rings. The highest BCUT2D eigenvalue weighted by atomic mass is 16.5. The predicted octanol–water partition coefficient (Wildman–Crippen LogP) is 1.57. The molecule has 1 atom stereocenters. The summed E-state index contributed by atoms with van der Waals surface area (Å²) in [7, 11) is 1.71. The van der Waals surface area contributed by atoms with Gasteiger partial charge in [0.25, 0.3) is 0 Å². The summed E-state index contributed by atoms with van der Waals surface area (Å²) in [6.07, 6.45) is -0.411. The second kappa shape index (κ2) is 6.04. The lowest BCUT2D eigenvalue weighted by molar-refractivity contribution is 0.198. The highest BCUT2D eigenvalue weighted by Crippen LogP contribution is 2.19. The van der Waals surface area contributed by atoms with Gasteiger partial charge in [-0.15, -0.1) is 0 Å². The summed E-state index contributed by atoms with van der Waals surface area (Å²) in [6, 6.07) is 7.66. The van der Waals surface area contributed by atoms with Crippen LogP contribution in [0.25, 0.3) is 0 Å². The molecule has 0 aliphatic heterocycles. The van der Waals surface area contributed by atoms with Crippen molar-refractivity contribution in [2.24, 2.45) is 17.0 Å². The molecule has 5 heteroatoms. The average molecular weight is 252 g/mol. The van der Waals surface area contributed by atoms with E-state index in [9.17, 15) is 0 Å². The Kier molecular flexibility index (Phi) is 4.95. The molecule has 0 saturated heterocycles. The molecule has 5 nitrogen and oxygen atoms in total. The van der Waals surface area contributed by atoms with E-state index in [0.717, 1.165) is 11.4 Å². The van der Waals surface area contributed by atoms with Crippen LogP contribution in [0.4, 0.5) is 5.69 Å². The van der Waals surface area contributed by atoms with Gasteiger partial charge < -0.3 is 10.1 Å². The minimum Gasteiger partial charge on any atom is -0.493 e. The molecule has 1 unspecified atom stereocenters. The first kappa shape index (κ1) is 14.8. The van der Waals surface area contributed by atoms with Gasteiger partial charge in [-0.1, -0.05) is 20.8 Å². The lowest BCUT2D eigenvalue weighted by atomic mass is 9.99. The SMILES string of the molecule is CN(N)C(N)Nc1ccc(OCC(C)(C)C)cc1. The molecule has 0 spiro atoms. The molecule has 1 rings (SSSR count). The Labute approximate surface area is 109 Å². The van der Waals surface area contributed by atoms with Crippen LogP contribution in [0.2, 0.25) is 0 Å². The quantitative estimate of drug-likeness (QED) is 0.421. The normalized spacial score (nSPS) is 13.5. The van der Waals surface area contributed by atoms with Crippen molar-refractivity contribution in [3.8, 4) is 5.75 Å². The van der Waals surface area contributed by atoms with Crippen LogP contribution in [0.15, 0.2) is 24.3 Å². The Morgan fingerprint density at radius 2 is 1.83 bits per heavy atom. The summed E-state index contributed by atoms with van der Waals surface area (Å²) < 4.78 is 5.68. The number of nitrogens with zero attached hydrogens (tertiary/aromatic N) is 1. The van der Waals surface area contributed by atoms with E-state index in [0.29, 0.717) is 6.61 Å². The molecule has 0 heterocycles. The van der Waals surface area contributed by atoms with Gasteiger partial charge in [-0.2, -0.15) is 0 Å². The molecule has 0 bridgehead atoms. The minimum atomic E-state index is -0.411. The van der Waals surface area contributed by atoms with Gasteiger partial charge in [-0.05, 0) is 29.7 Å². The highest BCUT2D eigenvalue weighted by molar-refractivity contribution is 5.46. The van der Waals surface area contributed by atoms with Gasteiger partial charge in [0, 0.05) is 12.7 Å². The molecule has 0 aromatic heterocycles. The van der Waals surface area contributed by atoms with Crippen molar-refractivity contribution in [1.82, 2.24) is 5.01 Å². The van der Waals surface area contributed by atoms with Crippen molar-refractivity contribution in [3.63, 3.8) is 0 Å². The highest BCUT2D eigenvalue weighted by Gasteiger charge is 2.11. The lowest BCUT2D eigenvalue weighted by Crippen LogP contribution is -2.49. The molecule has 0 fully saturated rings. The van der Waals surface area contributed by atoms with Crippen LogP contribution in [0.5, 0.6) is 5.75 Å². The topological polar surface area (TPSA) is 76.5 Å². The molecule has 0 amide bonds. The van der Waals surface area contributed by atoms with Crippen molar-refractivity contribution in [3.05, 3.63) is 24.3 Å². The molecule has 0 saturated carbocycles. The standard InChI is InChI=1S/C13H24N4O/c1-13(2,3)9-18-11-7-5-10(6-8-11)16-12(14)17(4)15/h5-8,12,16H,9,14-15H2,1-4H3. The monoisotopic (exact) mass is 252 g/mol. The minimum absolute atomic E-state index is 0.154. The number of hydrogen-bond donors (Lipinski definition) is 3. The van der Waals surface area contributed by atoms with E-state index in [1.54, 1.807) is 7.05 Å². The maximum atomic E-state index is 5.76. The van der Waals surface area contributed by atoms with E-state index in [-0.39, 0.29) is 5.41 Å². The van der Waals surface area contributed by atoms with E-state index < -0.39 is 6.29 Å². The summed E-state index contributed by atoms with van der Waals surface area (Å²) >= 11 is 0. The van der Waals surface area contributed by atoms with E-state index in [1.165, 1.54) is 5.01 Å². The zero-order valence-electron chi connectivity index (χ0n) is 11.6. The number of ether oxygens (including phenoxy) is 1. The van der Waals surface area contributed by atoms with Crippen LogP contribution < -0.4 is 21.6 Å². The maximum Gasteiger partial charge on any atom is 0.144 e. The Balaban J connectivity index is 2.52. The zero-order chi connectivity index (χ0) is 13.8. The van der Waals surface area contributed by atoms with Crippen molar-refractivity contribution in [2.45, 2.75) is 27.1 Å². The fourth-order valence-corrected chi connectivity index (χ4v) is 1.22. The summed E-state index contributed by atoms with van der Waals surface area (Å²) in [6.45, 7) is 7.10. The molecule has 18 heavy (non-hydrogen) atoms. The molecule has 1 aromatic carbocycles. The van der Waals surface area contributed by atoms with E-state index >= 15 is 0 Å². The van der Waals surface area contributed by atoms with E-state index in [1.807, 2.05) is 24.3 Å². The molecule has 102 valence electrons. The van der Waals surface area contributed by atoms with E-state index in [4.69, 9.17) is 16.3 Å². The predicted molar refractivity (Wildman–Crippen MR) is 74.9 cm³/mol. The van der Waals surface area contributed by atoms with Crippen LogP contribution in [-0.4, -0.2) is 25.0 Å². The van der Waals surface area contributed by atoms with Crippen LogP contribution >= 0.6 is 0 Å². The Morgan fingerprint density at radius 1 is 1.28 bits per heavy atom. The van der Waals surface area contributed by atoms with Gasteiger partial charge in [0.2, 0.25) is 0 Å². The number of rotatable bonds is 5. The van der Waals surface area contributed by atoms with E-state index in [2.05, 4.69) is 26.1 Å². The third-order valence-electron chi connectivity index (χ3n) is 2.28. The first-order valence-corrected chi connectivity index (χ1v) is 6.00. The summed E-state index contributed by atoms with van der Waals surface area (Å²) in [4.78, 5) is 0. The van der Waals surface area contributed by atoms with Crippen molar-refractivity contribution in [2.75, 3.05) is 19.0 Å². The van der Waals surface area contributed by atoms with Crippen LogP contribution in [0, 0.1) is 5.41 Å². The van der Waals surface area contributed by atoms with Gasteiger partial charge in [-0.25, -0.2) is 5.01 Å². The van der Waals surface area contributed by atoms with Crippen molar-refractivity contribution < 1.29 is 4.74 Å². The number of hydrogen-bond acceptors (Lipinski definition) is 5. The Morgan fingerprint density at radius 3 is 2.28 bits per heavy atom. The number of nitrogens with one attached hydrogen (secondary N) is 1. The fraction of sp³-hybridized carbons (Fsp3) is 0.538. The van der Waals surface area contributed by atoms with Crippen molar-refractivity contribution in [1.29, 1.82) is 0 Å². The second-order valence-electron chi connectivity index (χ2n) is 5.63. The van der Waals surface area contributed by atoms with Gasteiger partial charge in [0.15, 0.2) is 0 Å². The third-order valence-corrected chi connectivity index (χ3v) is 2.28. The largest absolute Gasteiger partial charge is 0.493 e.